The fraction of sp³-hybridized carbons (Fsp3) is 0.0833. The number of rotatable bonds is 4. The van der Waals surface area contributed by atoms with Gasteiger partial charge < -0.3 is 0 Å². The van der Waals surface area contributed by atoms with Crippen LogP contribution in [0.25, 0.3) is 28.1 Å². The predicted octanol–water partition coefficient (Wildman–Crippen LogP) is 6.80. The number of nitrogens with zero attached hydrogens (tertiary/aromatic N) is 3. The molecule has 3 nitrogen and oxygen atoms in total. The second-order valence-corrected chi connectivity index (χ2v) is 8.36. The molecule has 0 amide bonds. The van der Waals surface area contributed by atoms with Gasteiger partial charge in [0.1, 0.15) is 16.5 Å². The number of halogens is 1. The van der Waals surface area contributed by atoms with Gasteiger partial charge in [0.05, 0.1) is 11.0 Å². The van der Waals surface area contributed by atoms with Crippen LogP contribution in [0.2, 0.25) is 5.02 Å². The second-order valence-electron chi connectivity index (χ2n) is 6.96. The van der Waals surface area contributed by atoms with E-state index in [0.717, 1.165) is 49.4 Å². The van der Waals surface area contributed by atoms with E-state index in [-0.39, 0.29) is 0 Å². The van der Waals surface area contributed by atoms with Crippen molar-refractivity contribution in [2.75, 3.05) is 0 Å². The number of imidazole rings is 1. The van der Waals surface area contributed by atoms with Crippen LogP contribution in [0.4, 0.5) is 0 Å². The molecule has 5 rings (SSSR count). The number of aryl methyl sites for hydroxylation is 1. The van der Waals surface area contributed by atoms with Gasteiger partial charge in [0.15, 0.2) is 0 Å². The normalized spacial score (nSPS) is 11.4. The third kappa shape index (κ3) is 3.50. The highest BCUT2D eigenvalue weighted by Crippen LogP contribution is 2.31. The molecule has 0 radical (unpaired) electrons. The van der Waals surface area contributed by atoms with Crippen LogP contribution < -0.4 is 0 Å². The zero-order valence-electron chi connectivity index (χ0n) is 15.8. The minimum atomic E-state index is 0.760. The topological polar surface area (TPSA) is 30.2 Å². The number of para-hydroxylation sites is 2. The number of benzene rings is 3. The highest BCUT2D eigenvalue weighted by Gasteiger charge is 2.14. The lowest BCUT2D eigenvalue weighted by Gasteiger charge is -2.10. The molecule has 2 aromatic heterocycles. The molecule has 0 fully saturated rings. The maximum Gasteiger partial charge on any atom is 0.147 e. The molecule has 0 aliphatic carbocycles. The minimum Gasteiger partial charge on any atom is -0.276 e. The molecule has 5 heteroatoms. The third-order valence-electron chi connectivity index (χ3n) is 4.91. The van der Waals surface area contributed by atoms with Crippen molar-refractivity contribution in [1.29, 1.82) is 0 Å². The monoisotopic (exact) mass is 415 g/mol. The van der Waals surface area contributed by atoms with E-state index in [1.807, 2.05) is 36.4 Å². The maximum absolute atomic E-state index is 6.33. The van der Waals surface area contributed by atoms with E-state index in [0.29, 0.717) is 0 Å². The first-order valence-corrected chi connectivity index (χ1v) is 10.8. The Kier molecular flexibility index (Phi) is 4.74. The molecule has 0 aliphatic rings. The van der Waals surface area contributed by atoms with Crippen LogP contribution >= 0.6 is 23.4 Å². The van der Waals surface area contributed by atoms with E-state index in [2.05, 4.69) is 53.8 Å². The van der Waals surface area contributed by atoms with Crippen molar-refractivity contribution in [2.24, 2.45) is 0 Å². The van der Waals surface area contributed by atoms with E-state index < -0.39 is 0 Å². The Morgan fingerprint density at radius 3 is 2.48 bits per heavy atom. The molecule has 0 saturated carbocycles. The van der Waals surface area contributed by atoms with Gasteiger partial charge in [0.25, 0.3) is 0 Å². The summed E-state index contributed by atoms with van der Waals surface area (Å²) in [6.45, 7) is 2.09. The van der Waals surface area contributed by atoms with Crippen LogP contribution in [-0.4, -0.2) is 14.4 Å². The Balaban J connectivity index is 1.65. The summed E-state index contributed by atoms with van der Waals surface area (Å²) in [6, 6.07) is 26.6. The van der Waals surface area contributed by atoms with E-state index in [9.17, 15) is 0 Å². The van der Waals surface area contributed by atoms with Crippen LogP contribution in [0.5, 0.6) is 0 Å². The molecule has 0 spiro atoms. The van der Waals surface area contributed by atoms with Gasteiger partial charge in [0, 0.05) is 22.4 Å². The molecule has 2 heterocycles. The summed E-state index contributed by atoms with van der Waals surface area (Å²) >= 11 is 8.01. The number of thioether (sulfide) groups is 1. The lowest BCUT2D eigenvalue weighted by Crippen LogP contribution is -1.98. The van der Waals surface area contributed by atoms with Crippen molar-refractivity contribution >= 4 is 40.0 Å². The van der Waals surface area contributed by atoms with E-state index in [1.165, 1.54) is 5.56 Å². The van der Waals surface area contributed by atoms with Gasteiger partial charge in [-0.3, -0.25) is 4.40 Å². The van der Waals surface area contributed by atoms with Gasteiger partial charge in [-0.05, 0) is 30.7 Å². The fourth-order valence-corrected chi connectivity index (χ4v) is 4.58. The Labute approximate surface area is 178 Å². The van der Waals surface area contributed by atoms with Crippen molar-refractivity contribution in [3.63, 3.8) is 0 Å². The Morgan fingerprint density at radius 1 is 0.897 bits per heavy atom. The summed E-state index contributed by atoms with van der Waals surface area (Å²) < 4.78 is 2.14. The Morgan fingerprint density at radius 2 is 1.66 bits per heavy atom. The molecular formula is C24H18ClN3S. The highest BCUT2D eigenvalue weighted by molar-refractivity contribution is 7.98. The van der Waals surface area contributed by atoms with Crippen LogP contribution in [0.15, 0.2) is 83.9 Å². The van der Waals surface area contributed by atoms with E-state index in [4.69, 9.17) is 21.6 Å². The Hall–Kier alpha value is -2.82. The van der Waals surface area contributed by atoms with Gasteiger partial charge in [-0.25, -0.2) is 9.97 Å². The summed E-state index contributed by atoms with van der Waals surface area (Å²) in [5, 5.41) is 1.72. The molecule has 0 aliphatic heterocycles. The molecule has 29 heavy (non-hydrogen) atoms. The molecule has 0 saturated heterocycles. The number of hydrogen-bond acceptors (Lipinski definition) is 3. The zero-order chi connectivity index (χ0) is 19.8. The van der Waals surface area contributed by atoms with Gasteiger partial charge in [-0.2, -0.15) is 0 Å². The van der Waals surface area contributed by atoms with Crippen LogP contribution in [0.3, 0.4) is 0 Å². The van der Waals surface area contributed by atoms with E-state index in [1.54, 1.807) is 11.8 Å². The number of hydrogen-bond donors (Lipinski definition) is 0. The van der Waals surface area contributed by atoms with Crippen molar-refractivity contribution in [3.8, 4) is 11.4 Å². The first kappa shape index (κ1) is 18.2. The molecule has 5 aromatic rings. The largest absolute Gasteiger partial charge is 0.276 e. The van der Waals surface area contributed by atoms with Crippen LogP contribution in [0, 0.1) is 6.92 Å². The predicted molar refractivity (Wildman–Crippen MR) is 122 cm³/mol. The lowest BCUT2D eigenvalue weighted by molar-refractivity contribution is 1.03. The smallest absolute Gasteiger partial charge is 0.147 e. The molecule has 142 valence electrons. The molecule has 3 aromatic carbocycles. The van der Waals surface area contributed by atoms with Crippen molar-refractivity contribution in [3.05, 3.63) is 95.0 Å². The molecule has 0 atom stereocenters. The fourth-order valence-electron chi connectivity index (χ4n) is 3.40. The van der Waals surface area contributed by atoms with Crippen molar-refractivity contribution < 1.29 is 0 Å². The van der Waals surface area contributed by atoms with Crippen LogP contribution in [-0.2, 0) is 5.75 Å². The van der Waals surface area contributed by atoms with Gasteiger partial charge in [-0.15, -0.1) is 11.8 Å². The third-order valence-corrected chi connectivity index (χ3v) is 6.24. The molecule has 0 unspecified atom stereocenters. The van der Waals surface area contributed by atoms with Gasteiger partial charge >= 0.3 is 0 Å². The van der Waals surface area contributed by atoms with Gasteiger partial charge in [0.2, 0.25) is 0 Å². The van der Waals surface area contributed by atoms with E-state index >= 15 is 0 Å². The summed E-state index contributed by atoms with van der Waals surface area (Å²) in [6.07, 6.45) is 0. The quantitative estimate of drug-likeness (QED) is 0.239. The van der Waals surface area contributed by atoms with Crippen molar-refractivity contribution in [1.82, 2.24) is 14.4 Å². The van der Waals surface area contributed by atoms with Crippen molar-refractivity contribution in [2.45, 2.75) is 17.7 Å². The standard InChI is InChI=1S/C24H18ClN3S/c1-16-10-12-17(13-11-16)24-27-23(29-15-18-6-2-3-7-19(18)25)14-22-26-20-8-4-5-9-21(20)28(22)24/h2-14H,15H2,1H3. The average molecular weight is 416 g/mol. The molecular weight excluding hydrogens is 398 g/mol. The first-order valence-electron chi connectivity index (χ1n) is 9.40. The van der Waals surface area contributed by atoms with Crippen LogP contribution in [0.1, 0.15) is 11.1 Å². The minimum absolute atomic E-state index is 0.760. The molecule has 0 bridgehead atoms. The number of fused-ring (bicyclic) bond motifs is 3. The second kappa shape index (κ2) is 7.54. The van der Waals surface area contributed by atoms with Gasteiger partial charge in [-0.1, -0.05) is 71.8 Å². The maximum atomic E-state index is 6.33. The summed E-state index contributed by atoms with van der Waals surface area (Å²) in [5.41, 5.74) is 6.34. The highest BCUT2D eigenvalue weighted by atomic mass is 35.5. The molecule has 0 N–H and O–H groups in total. The SMILES string of the molecule is Cc1ccc(-c2nc(SCc3ccccc3Cl)cc3nc4ccccc4n23)cc1. The average Bonchev–Trinajstić information content (AvgIpc) is 3.12. The first-order chi connectivity index (χ1) is 14.2. The lowest BCUT2D eigenvalue weighted by atomic mass is 10.1. The zero-order valence-corrected chi connectivity index (χ0v) is 17.4. The summed E-state index contributed by atoms with van der Waals surface area (Å²) in [5.74, 6) is 1.66. The summed E-state index contributed by atoms with van der Waals surface area (Å²) in [4.78, 5) is 9.85. The summed E-state index contributed by atoms with van der Waals surface area (Å²) in [7, 11) is 0. The number of aromatic nitrogens is 3. The Bertz CT molecular complexity index is 1330.